The highest BCUT2D eigenvalue weighted by Gasteiger charge is 2.33. The summed E-state index contributed by atoms with van der Waals surface area (Å²) in [6, 6.07) is 18.3. The number of sulfonamides is 1. The number of halogens is 2. The molecular formula is C30H30F2N4O3S. The summed E-state index contributed by atoms with van der Waals surface area (Å²) in [6.45, 7) is 6.05. The maximum absolute atomic E-state index is 13.7. The molecular weight excluding hydrogens is 534 g/mol. The largest absolute Gasteiger partial charge is 0.333 e. The minimum Gasteiger partial charge on any atom is -0.333 e. The first-order valence-corrected chi connectivity index (χ1v) is 14.5. The van der Waals surface area contributed by atoms with Crippen LogP contribution in [0.25, 0.3) is 10.9 Å². The number of carbonyl (C=O) groups excluding carboxylic acids is 1. The number of aromatic nitrogens is 1. The van der Waals surface area contributed by atoms with Crippen LogP contribution < -0.4 is 4.72 Å². The molecule has 0 unspecified atom stereocenters. The van der Waals surface area contributed by atoms with E-state index >= 15 is 0 Å². The number of amides is 1. The number of carbonyl (C=O) groups is 1. The summed E-state index contributed by atoms with van der Waals surface area (Å²) >= 11 is 0. The standard InChI is InChI=1S/C30H30F2N4O3S/c1-20(2)27-19-35(18-21-15-24(31)17-25(32)16-21)13-14-36(27)30(37)23-8-10-26(11-9-23)34-40(38,39)28-7-3-5-22-6-4-12-33-29(22)28/h3-12,15-17,20,27,34H,13-14,18-19H2,1-2H3/t27-/m1/s1. The molecule has 1 aromatic heterocycles. The molecule has 1 atom stereocenters. The van der Waals surface area contributed by atoms with Crippen molar-refractivity contribution in [3.05, 3.63) is 102 Å². The third-order valence-corrected chi connectivity index (χ3v) is 8.54. The van der Waals surface area contributed by atoms with Gasteiger partial charge in [0.05, 0.1) is 5.52 Å². The second-order valence-electron chi connectivity index (χ2n) is 10.3. The summed E-state index contributed by atoms with van der Waals surface area (Å²) in [5.41, 5.74) is 1.71. The Kier molecular flexibility index (Phi) is 7.82. The van der Waals surface area contributed by atoms with Crippen LogP contribution in [-0.4, -0.2) is 54.8 Å². The molecule has 1 amide bonds. The van der Waals surface area contributed by atoms with Crippen LogP contribution in [0.1, 0.15) is 29.8 Å². The normalized spacial score (nSPS) is 16.4. The molecule has 1 N–H and O–H groups in total. The maximum atomic E-state index is 13.7. The Bertz CT molecular complexity index is 1620. The topological polar surface area (TPSA) is 82.6 Å². The smallest absolute Gasteiger partial charge is 0.264 e. The SMILES string of the molecule is CC(C)[C@H]1CN(Cc2cc(F)cc(F)c2)CCN1C(=O)c1ccc(NS(=O)(=O)c2cccc3cccnc23)cc1. The number of fused-ring (bicyclic) bond motifs is 1. The zero-order valence-electron chi connectivity index (χ0n) is 22.2. The van der Waals surface area contributed by atoms with E-state index in [1.165, 1.54) is 18.2 Å². The van der Waals surface area contributed by atoms with Crippen molar-refractivity contribution in [3.63, 3.8) is 0 Å². The van der Waals surface area contributed by atoms with Crippen molar-refractivity contribution in [1.82, 2.24) is 14.8 Å². The molecule has 5 rings (SSSR count). The molecule has 0 bridgehead atoms. The first kappa shape index (κ1) is 27.7. The first-order valence-electron chi connectivity index (χ1n) is 13.1. The lowest BCUT2D eigenvalue weighted by atomic mass is 9.98. The first-order chi connectivity index (χ1) is 19.1. The molecule has 0 spiro atoms. The van der Waals surface area contributed by atoms with Gasteiger partial charge in [0.2, 0.25) is 0 Å². The lowest BCUT2D eigenvalue weighted by Crippen LogP contribution is -2.56. The molecule has 0 aliphatic carbocycles. The summed E-state index contributed by atoms with van der Waals surface area (Å²) in [4.78, 5) is 21.7. The Morgan fingerprint density at radius 2 is 1.70 bits per heavy atom. The van der Waals surface area contributed by atoms with Gasteiger partial charge >= 0.3 is 0 Å². The molecule has 2 heterocycles. The average Bonchev–Trinajstić information content (AvgIpc) is 2.92. The predicted octanol–water partition coefficient (Wildman–Crippen LogP) is 5.30. The number of benzene rings is 3. The van der Waals surface area contributed by atoms with E-state index in [9.17, 15) is 22.0 Å². The minimum atomic E-state index is -3.91. The number of para-hydroxylation sites is 1. The van der Waals surface area contributed by atoms with Gasteiger partial charge in [-0.25, -0.2) is 17.2 Å². The van der Waals surface area contributed by atoms with Crippen molar-refractivity contribution in [1.29, 1.82) is 0 Å². The van der Waals surface area contributed by atoms with Crippen molar-refractivity contribution in [2.45, 2.75) is 31.3 Å². The summed E-state index contributed by atoms with van der Waals surface area (Å²) in [5.74, 6) is -1.22. The lowest BCUT2D eigenvalue weighted by molar-refractivity contribution is 0.0328. The molecule has 1 saturated heterocycles. The number of hydrogen-bond acceptors (Lipinski definition) is 5. The van der Waals surface area contributed by atoms with Gasteiger partial charge in [-0.1, -0.05) is 32.0 Å². The zero-order chi connectivity index (χ0) is 28.4. The monoisotopic (exact) mass is 564 g/mol. The molecule has 0 saturated carbocycles. The summed E-state index contributed by atoms with van der Waals surface area (Å²) in [6.07, 6.45) is 1.55. The van der Waals surface area contributed by atoms with E-state index in [0.717, 1.165) is 6.07 Å². The predicted molar refractivity (Wildman–Crippen MR) is 150 cm³/mol. The van der Waals surface area contributed by atoms with Crippen molar-refractivity contribution >= 4 is 32.5 Å². The second-order valence-corrected chi connectivity index (χ2v) is 12.0. The van der Waals surface area contributed by atoms with E-state index in [0.29, 0.717) is 53.9 Å². The molecule has 0 radical (unpaired) electrons. The molecule has 1 aliphatic rings. The third kappa shape index (κ3) is 5.97. The van der Waals surface area contributed by atoms with Crippen LogP contribution in [0.5, 0.6) is 0 Å². The van der Waals surface area contributed by atoms with E-state index in [4.69, 9.17) is 0 Å². The summed E-state index contributed by atoms with van der Waals surface area (Å²) in [7, 11) is -3.91. The number of nitrogens with zero attached hydrogens (tertiary/aromatic N) is 3. The van der Waals surface area contributed by atoms with Gasteiger partial charge in [-0.3, -0.25) is 19.4 Å². The highest BCUT2D eigenvalue weighted by molar-refractivity contribution is 7.93. The minimum absolute atomic E-state index is 0.0735. The quantitative estimate of drug-likeness (QED) is 0.330. The van der Waals surface area contributed by atoms with E-state index in [1.807, 2.05) is 18.7 Å². The third-order valence-electron chi connectivity index (χ3n) is 7.13. The molecule has 4 aromatic rings. The molecule has 1 fully saturated rings. The van der Waals surface area contributed by atoms with Crippen molar-refractivity contribution in [2.24, 2.45) is 5.92 Å². The summed E-state index contributed by atoms with van der Waals surface area (Å²) in [5, 5.41) is 0.717. The Labute approximate surface area is 232 Å². The highest BCUT2D eigenvalue weighted by atomic mass is 32.2. The number of pyridine rings is 1. The van der Waals surface area contributed by atoms with Gasteiger partial charge in [-0.2, -0.15) is 0 Å². The van der Waals surface area contributed by atoms with Crippen molar-refractivity contribution < 1.29 is 22.0 Å². The Hall–Kier alpha value is -3.89. The van der Waals surface area contributed by atoms with E-state index in [-0.39, 0.29) is 22.8 Å². The Morgan fingerprint density at radius 3 is 2.40 bits per heavy atom. The number of rotatable bonds is 7. The fraction of sp³-hybridized carbons (Fsp3) is 0.267. The Balaban J connectivity index is 1.28. The molecule has 3 aromatic carbocycles. The van der Waals surface area contributed by atoms with E-state index < -0.39 is 21.7 Å². The van der Waals surface area contributed by atoms with Gasteiger partial charge in [-0.05, 0) is 60.0 Å². The van der Waals surface area contributed by atoms with Crippen LogP contribution in [-0.2, 0) is 16.6 Å². The highest BCUT2D eigenvalue weighted by Crippen LogP contribution is 2.25. The molecule has 1 aliphatic heterocycles. The van der Waals surface area contributed by atoms with Gasteiger partial charge in [0, 0.05) is 61.1 Å². The van der Waals surface area contributed by atoms with Crippen LogP contribution >= 0.6 is 0 Å². The zero-order valence-corrected chi connectivity index (χ0v) is 23.0. The number of hydrogen-bond donors (Lipinski definition) is 1. The number of piperazine rings is 1. The van der Waals surface area contributed by atoms with Crippen LogP contribution in [0.3, 0.4) is 0 Å². The van der Waals surface area contributed by atoms with Gasteiger partial charge in [0.15, 0.2) is 0 Å². The van der Waals surface area contributed by atoms with Gasteiger partial charge < -0.3 is 4.90 Å². The molecule has 40 heavy (non-hydrogen) atoms. The van der Waals surface area contributed by atoms with Crippen LogP contribution in [0.4, 0.5) is 14.5 Å². The van der Waals surface area contributed by atoms with E-state index in [1.54, 1.807) is 54.7 Å². The number of anilines is 1. The van der Waals surface area contributed by atoms with E-state index in [2.05, 4.69) is 14.6 Å². The van der Waals surface area contributed by atoms with Crippen molar-refractivity contribution in [2.75, 3.05) is 24.4 Å². The fourth-order valence-electron chi connectivity index (χ4n) is 5.15. The van der Waals surface area contributed by atoms with Crippen LogP contribution in [0.15, 0.2) is 83.9 Å². The second kappa shape index (κ2) is 11.3. The molecule has 208 valence electrons. The number of nitrogens with one attached hydrogen (secondary N) is 1. The van der Waals surface area contributed by atoms with Crippen LogP contribution in [0.2, 0.25) is 0 Å². The lowest BCUT2D eigenvalue weighted by Gasteiger charge is -2.43. The van der Waals surface area contributed by atoms with Gasteiger partial charge in [0.25, 0.3) is 15.9 Å². The summed E-state index contributed by atoms with van der Waals surface area (Å²) < 4.78 is 56.2. The fourth-order valence-corrected chi connectivity index (χ4v) is 6.39. The average molecular weight is 565 g/mol. The van der Waals surface area contributed by atoms with Crippen molar-refractivity contribution in [3.8, 4) is 0 Å². The Morgan fingerprint density at radius 1 is 1.00 bits per heavy atom. The maximum Gasteiger partial charge on any atom is 0.264 e. The van der Waals surface area contributed by atoms with Crippen LogP contribution in [0, 0.1) is 17.6 Å². The van der Waals surface area contributed by atoms with Gasteiger partial charge in [0.1, 0.15) is 16.5 Å². The molecule has 10 heteroatoms. The molecule has 7 nitrogen and oxygen atoms in total. The van der Waals surface area contributed by atoms with Gasteiger partial charge in [-0.15, -0.1) is 0 Å².